The van der Waals surface area contributed by atoms with Crippen LogP contribution in [0.5, 0.6) is 0 Å². The summed E-state index contributed by atoms with van der Waals surface area (Å²) in [4.78, 5) is 10.4. The molecule has 0 radical (unpaired) electrons. The van der Waals surface area contributed by atoms with Gasteiger partial charge in [0.2, 0.25) is 0 Å². The van der Waals surface area contributed by atoms with Crippen LogP contribution in [-0.4, -0.2) is 67.3 Å². The molecular formula is C24H58O7SiZr. The quantitative estimate of drug-likeness (QED) is 0.198. The molecule has 0 heterocycles. The van der Waals surface area contributed by atoms with E-state index in [1.54, 1.807) is 0 Å². The van der Waals surface area contributed by atoms with Gasteiger partial charge in [-0.2, -0.15) is 0 Å². The van der Waals surface area contributed by atoms with Crippen LogP contribution in [0.25, 0.3) is 0 Å². The zero-order valence-electron chi connectivity index (χ0n) is 23.2. The molecular weight excluding hydrogens is 520 g/mol. The van der Waals surface area contributed by atoms with Gasteiger partial charge in [-0.1, -0.05) is 60.8 Å². The summed E-state index contributed by atoms with van der Waals surface area (Å²) in [7, 11) is -3.50. The van der Waals surface area contributed by atoms with E-state index in [1.165, 1.54) is 0 Å². The molecule has 0 spiro atoms. The third kappa shape index (κ3) is 40.3. The molecule has 7 nitrogen and oxygen atoms in total. The summed E-state index contributed by atoms with van der Waals surface area (Å²) in [5, 5.41) is 24.2. The molecule has 33 heavy (non-hydrogen) atoms. The number of hydrogen-bond donors (Lipinski definition) is 4. The molecule has 0 fully saturated rings. The van der Waals surface area contributed by atoms with E-state index in [9.17, 15) is 4.80 Å². The largest absolute Gasteiger partial charge is 0.677 e. The van der Waals surface area contributed by atoms with Gasteiger partial charge in [-0.25, -0.2) is 0 Å². The number of hydrogen-bond acceptors (Lipinski definition) is 7. The van der Waals surface area contributed by atoms with Crippen LogP contribution >= 0.6 is 0 Å². The topological polar surface area (TPSA) is 109 Å². The normalized spacial score (nSPS) is 14.5. The zero-order chi connectivity index (χ0) is 25.8. The maximum atomic E-state index is 10.4. The summed E-state index contributed by atoms with van der Waals surface area (Å²) in [6.45, 7) is 18.9. The summed E-state index contributed by atoms with van der Waals surface area (Å²) < 4.78 is 16.7. The van der Waals surface area contributed by atoms with Crippen molar-refractivity contribution in [3.05, 3.63) is 0 Å². The average Bonchev–Trinajstić information content (AvgIpc) is 2.76. The smallest absolute Gasteiger partial charge is 0.396 e. The van der Waals surface area contributed by atoms with Crippen LogP contribution in [-0.2, 0) is 39.5 Å². The van der Waals surface area contributed by atoms with Crippen LogP contribution in [0.15, 0.2) is 0 Å². The number of aliphatic hydroxyl groups excluding tert-OH is 3. The van der Waals surface area contributed by atoms with E-state index >= 15 is 0 Å². The molecule has 4 N–H and O–H groups in total. The predicted octanol–water partition coefficient (Wildman–Crippen LogP) is 5.19. The van der Waals surface area contributed by atoms with Gasteiger partial charge >= 0.3 is 9.05 Å². The molecule has 0 aliphatic rings. The van der Waals surface area contributed by atoms with E-state index in [4.69, 9.17) is 28.6 Å². The second-order valence-electron chi connectivity index (χ2n) is 7.77. The molecule has 9 heteroatoms. The molecule has 3 unspecified atom stereocenters. The Morgan fingerprint density at radius 2 is 0.758 bits per heavy atom. The van der Waals surface area contributed by atoms with Crippen molar-refractivity contribution >= 4 is 9.05 Å². The van der Waals surface area contributed by atoms with Crippen LogP contribution in [0, 0.1) is 0 Å². The van der Waals surface area contributed by atoms with Gasteiger partial charge in [-0.3, -0.25) is 0 Å². The standard InChI is InChI=1S/C12H28O4Si.3C4H10O.Zr/c1-7-10(4)14-17(13,15-11(5)8-2)16-12(6)9-3;3*1-2-3-4-5;/h10-13H,7-9H2,1-6H3;3*5H,2-4H2,1H3;. The molecule has 3 atom stereocenters. The minimum Gasteiger partial charge on any atom is -0.396 e. The molecule has 0 bridgehead atoms. The first-order valence-electron chi connectivity index (χ1n) is 12.7. The van der Waals surface area contributed by atoms with Gasteiger partial charge in [0.15, 0.2) is 0 Å². The third-order valence-electron chi connectivity index (χ3n) is 4.31. The molecule has 0 rings (SSSR count). The van der Waals surface area contributed by atoms with E-state index in [2.05, 4.69) is 20.8 Å². The van der Waals surface area contributed by atoms with Crippen molar-refractivity contribution in [3.63, 3.8) is 0 Å². The number of rotatable bonds is 15. The van der Waals surface area contributed by atoms with Gasteiger partial charge in [0.25, 0.3) is 0 Å². The second-order valence-corrected chi connectivity index (χ2v) is 9.52. The van der Waals surface area contributed by atoms with Gasteiger partial charge in [0, 0.05) is 64.3 Å². The molecule has 0 saturated carbocycles. The van der Waals surface area contributed by atoms with Crippen molar-refractivity contribution in [3.8, 4) is 0 Å². The van der Waals surface area contributed by atoms with Crippen LogP contribution in [0.3, 0.4) is 0 Å². The van der Waals surface area contributed by atoms with Crippen molar-refractivity contribution < 1.29 is 59.6 Å². The molecule has 0 aliphatic carbocycles. The first-order chi connectivity index (χ1) is 15.1. The zero-order valence-corrected chi connectivity index (χ0v) is 26.7. The van der Waals surface area contributed by atoms with Crippen molar-refractivity contribution in [2.45, 2.75) is 138 Å². The molecule has 0 aliphatic heterocycles. The first kappa shape index (κ1) is 43.9. The molecule has 0 aromatic heterocycles. The Morgan fingerprint density at radius 1 is 0.545 bits per heavy atom. The van der Waals surface area contributed by atoms with Crippen LogP contribution in [0.4, 0.5) is 0 Å². The summed E-state index contributed by atoms with van der Waals surface area (Å²) in [6, 6.07) is 0. The SMILES string of the molecule is CCC(C)O[Si](O)(OC(C)CC)OC(C)CC.CCCCO.CCCCO.CCCCO.[Zr]. The summed E-state index contributed by atoms with van der Waals surface area (Å²) in [5.74, 6) is 0. The second kappa shape index (κ2) is 35.0. The summed E-state index contributed by atoms with van der Waals surface area (Å²) in [6.07, 6.45) is 8.41. The van der Waals surface area contributed by atoms with E-state index < -0.39 is 9.05 Å². The van der Waals surface area contributed by atoms with Gasteiger partial charge in [0.05, 0.1) is 0 Å². The van der Waals surface area contributed by atoms with Gasteiger partial charge < -0.3 is 33.4 Å². The third-order valence-corrected chi connectivity index (χ3v) is 6.41. The number of aliphatic hydroxyl groups is 3. The van der Waals surface area contributed by atoms with Crippen LogP contribution < -0.4 is 0 Å². The van der Waals surface area contributed by atoms with Crippen LogP contribution in [0.1, 0.15) is 120 Å². The molecule has 204 valence electrons. The van der Waals surface area contributed by atoms with E-state index in [-0.39, 0.29) is 44.5 Å². The van der Waals surface area contributed by atoms with Crippen LogP contribution in [0.2, 0.25) is 0 Å². The summed E-state index contributed by atoms with van der Waals surface area (Å²) >= 11 is 0. The average molecular weight is 578 g/mol. The summed E-state index contributed by atoms with van der Waals surface area (Å²) in [5.41, 5.74) is 0. The number of unbranched alkanes of at least 4 members (excludes halogenated alkanes) is 3. The Kier molecular flexibility index (Phi) is 46.5. The maximum absolute atomic E-state index is 10.4. The van der Waals surface area contributed by atoms with E-state index in [0.717, 1.165) is 57.8 Å². The Balaban J connectivity index is -0.000000133. The first-order valence-corrected chi connectivity index (χ1v) is 14.4. The van der Waals surface area contributed by atoms with Gasteiger partial charge in [-0.15, -0.1) is 0 Å². The van der Waals surface area contributed by atoms with Gasteiger partial charge in [-0.05, 0) is 59.3 Å². The van der Waals surface area contributed by atoms with E-state index in [0.29, 0.717) is 19.8 Å². The Bertz CT molecular complexity index is 278. The van der Waals surface area contributed by atoms with Gasteiger partial charge in [0.1, 0.15) is 0 Å². The molecule has 0 saturated heterocycles. The minimum absolute atomic E-state index is 0. The Hall–Kier alpha value is 0.820. The molecule has 0 aromatic carbocycles. The minimum atomic E-state index is -3.50. The fourth-order valence-electron chi connectivity index (χ4n) is 1.57. The van der Waals surface area contributed by atoms with E-state index in [1.807, 2.05) is 41.5 Å². The molecule has 0 amide bonds. The monoisotopic (exact) mass is 576 g/mol. The van der Waals surface area contributed by atoms with Crippen molar-refractivity contribution in [2.75, 3.05) is 19.8 Å². The van der Waals surface area contributed by atoms with Crippen molar-refractivity contribution in [1.82, 2.24) is 0 Å². The van der Waals surface area contributed by atoms with Crippen molar-refractivity contribution in [2.24, 2.45) is 0 Å². The Labute approximate surface area is 226 Å². The van der Waals surface area contributed by atoms with Crippen molar-refractivity contribution in [1.29, 1.82) is 0 Å². The Morgan fingerprint density at radius 3 is 0.848 bits per heavy atom. The maximum Gasteiger partial charge on any atom is 0.677 e. The fraction of sp³-hybridized carbons (Fsp3) is 1.00. The predicted molar refractivity (Wildman–Crippen MR) is 136 cm³/mol. The fourth-order valence-corrected chi connectivity index (χ4v) is 3.76. The molecule has 0 aromatic rings.